The van der Waals surface area contributed by atoms with Gasteiger partial charge in [-0.1, -0.05) is 18.2 Å². The van der Waals surface area contributed by atoms with E-state index in [0.717, 1.165) is 32.9 Å². The van der Waals surface area contributed by atoms with E-state index in [0.29, 0.717) is 0 Å². The Labute approximate surface area is 139 Å². The van der Waals surface area contributed by atoms with Crippen LogP contribution in [0.2, 0.25) is 0 Å². The van der Waals surface area contributed by atoms with Crippen LogP contribution in [0.1, 0.15) is 0 Å². The minimum atomic E-state index is -3.72. The second kappa shape index (κ2) is 5.15. The van der Waals surface area contributed by atoms with Crippen LogP contribution in [0.5, 0.6) is 0 Å². The number of nitrogens with two attached hydrogens (primary N) is 1. The van der Waals surface area contributed by atoms with Gasteiger partial charge in [-0.2, -0.15) is 0 Å². The molecule has 0 radical (unpaired) electrons. The second-order valence-electron chi connectivity index (χ2n) is 5.76. The molecule has 6 heteroatoms. The van der Waals surface area contributed by atoms with Crippen molar-refractivity contribution < 1.29 is 8.42 Å². The largest absolute Gasteiger partial charge is 0.342 e. The van der Waals surface area contributed by atoms with Gasteiger partial charge in [0.15, 0.2) is 0 Å². The molecule has 2 N–H and O–H groups in total. The molecule has 24 heavy (non-hydrogen) atoms. The van der Waals surface area contributed by atoms with Crippen molar-refractivity contribution in [3.63, 3.8) is 0 Å². The van der Waals surface area contributed by atoms with E-state index in [2.05, 4.69) is 15.6 Å². The number of aryl methyl sites for hydroxylation is 1. The van der Waals surface area contributed by atoms with E-state index in [1.165, 1.54) is 6.07 Å². The Balaban J connectivity index is 1.97. The molecule has 0 amide bonds. The molecule has 0 bridgehead atoms. The zero-order valence-electron chi connectivity index (χ0n) is 13.0. The van der Waals surface area contributed by atoms with Gasteiger partial charge in [0, 0.05) is 29.5 Å². The third-order valence-electron chi connectivity index (χ3n) is 4.31. The Morgan fingerprint density at radius 2 is 1.75 bits per heavy atom. The van der Waals surface area contributed by atoms with Crippen LogP contribution in [0.3, 0.4) is 0 Å². The van der Waals surface area contributed by atoms with Gasteiger partial charge >= 0.3 is 0 Å². The van der Waals surface area contributed by atoms with E-state index in [9.17, 15) is 8.42 Å². The quantitative estimate of drug-likeness (QED) is 0.611. The van der Waals surface area contributed by atoms with Crippen LogP contribution < -0.4 is 5.14 Å². The summed E-state index contributed by atoms with van der Waals surface area (Å²) in [4.78, 5) is 4.30. The Morgan fingerprint density at radius 1 is 0.958 bits per heavy atom. The highest BCUT2D eigenvalue weighted by Crippen LogP contribution is 2.32. The number of hydrogen-bond donors (Lipinski definition) is 1. The monoisotopic (exact) mass is 337 g/mol. The first-order valence-electron chi connectivity index (χ1n) is 7.40. The summed E-state index contributed by atoms with van der Waals surface area (Å²) in [5.41, 5.74) is 3.92. The molecule has 4 rings (SSSR count). The Bertz CT molecular complexity index is 1190. The normalized spacial score (nSPS) is 12.1. The van der Waals surface area contributed by atoms with Gasteiger partial charge in [-0.15, -0.1) is 0 Å². The zero-order valence-corrected chi connectivity index (χ0v) is 13.8. The van der Waals surface area contributed by atoms with E-state index in [4.69, 9.17) is 5.14 Å². The summed E-state index contributed by atoms with van der Waals surface area (Å²) in [6, 6.07) is 14.8. The van der Waals surface area contributed by atoms with Gasteiger partial charge in [-0.25, -0.2) is 13.6 Å². The van der Waals surface area contributed by atoms with Crippen molar-refractivity contribution in [2.75, 3.05) is 0 Å². The molecule has 2 aromatic heterocycles. The summed E-state index contributed by atoms with van der Waals surface area (Å²) in [6.45, 7) is 0. The van der Waals surface area contributed by atoms with Crippen molar-refractivity contribution in [2.24, 2.45) is 12.2 Å². The molecule has 0 spiro atoms. The number of rotatable bonds is 2. The van der Waals surface area contributed by atoms with E-state index >= 15 is 0 Å². The first kappa shape index (κ1) is 14.9. The summed E-state index contributed by atoms with van der Waals surface area (Å²) in [5.74, 6) is 0. The highest BCUT2D eigenvalue weighted by atomic mass is 32.2. The fourth-order valence-corrected chi connectivity index (χ4v) is 3.65. The number of primary sulfonamides is 1. The lowest BCUT2D eigenvalue weighted by Crippen LogP contribution is -2.11. The number of hydrogen-bond acceptors (Lipinski definition) is 3. The number of pyridine rings is 1. The Morgan fingerprint density at radius 3 is 2.54 bits per heavy atom. The second-order valence-corrected chi connectivity index (χ2v) is 7.32. The van der Waals surface area contributed by atoms with Crippen molar-refractivity contribution in [1.82, 2.24) is 9.55 Å². The minimum Gasteiger partial charge on any atom is -0.342 e. The molecule has 0 aliphatic carbocycles. The van der Waals surface area contributed by atoms with Crippen molar-refractivity contribution in [3.8, 4) is 11.1 Å². The number of aromatic nitrogens is 2. The van der Waals surface area contributed by atoms with Crippen molar-refractivity contribution in [2.45, 2.75) is 4.90 Å². The molecule has 0 aliphatic heterocycles. The van der Waals surface area contributed by atoms with E-state index in [1.807, 2.05) is 37.5 Å². The van der Waals surface area contributed by atoms with Crippen LogP contribution >= 0.6 is 0 Å². The number of fused-ring (bicyclic) bond motifs is 3. The fraction of sp³-hybridized carbons (Fsp3) is 0.0556. The first-order valence-corrected chi connectivity index (χ1v) is 8.95. The molecule has 120 valence electrons. The van der Waals surface area contributed by atoms with E-state index in [-0.39, 0.29) is 4.90 Å². The molecule has 2 aromatic carbocycles. The Kier molecular flexibility index (Phi) is 3.19. The molecule has 0 saturated carbocycles. The van der Waals surface area contributed by atoms with Gasteiger partial charge in [0.05, 0.1) is 16.6 Å². The molecule has 0 atom stereocenters. The summed E-state index contributed by atoms with van der Waals surface area (Å²) in [7, 11) is -1.71. The van der Waals surface area contributed by atoms with E-state index in [1.54, 1.807) is 18.3 Å². The molecule has 0 unspecified atom stereocenters. The summed E-state index contributed by atoms with van der Waals surface area (Å²) in [5, 5.41) is 7.46. The summed E-state index contributed by atoms with van der Waals surface area (Å²) < 4.78 is 25.2. The number of benzene rings is 2. The number of nitrogens with zero attached hydrogens (tertiary/aromatic N) is 2. The van der Waals surface area contributed by atoms with E-state index < -0.39 is 10.0 Å². The third-order valence-corrected chi connectivity index (χ3v) is 5.22. The smallest absolute Gasteiger partial charge is 0.238 e. The van der Waals surface area contributed by atoms with Gasteiger partial charge in [-0.05, 0) is 41.5 Å². The van der Waals surface area contributed by atoms with Gasteiger partial charge in [0.1, 0.15) is 0 Å². The molecule has 2 heterocycles. The Hall–Kier alpha value is -2.70. The maximum atomic E-state index is 11.6. The molecule has 4 aromatic rings. The predicted octanol–water partition coefficient (Wildman–Crippen LogP) is 3.04. The molecule has 0 fully saturated rings. The maximum Gasteiger partial charge on any atom is 0.238 e. The lowest BCUT2D eigenvalue weighted by Gasteiger charge is -2.05. The highest BCUT2D eigenvalue weighted by Gasteiger charge is 2.12. The van der Waals surface area contributed by atoms with Crippen LogP contribution in [0.15, 0.2) is 65.8 Å². The van der Waals surface area contributed by atoms with Gasteiger partial charge in [0.25, 0.3) is 0 Å². The molecule has 0 saturated heterocycles. The molecular weight excluding hydrogens is 322 g/mol. The van der Waals surface area contributed by atoms with Crippen molar-refractivity contribution >= 4 is 31.8 Å². The van der Waals surface area contributed by atoms with Crippen LogP contribution in [0.4, 0.5) is 0 Å². The zero-order chi connectivity index (χ0) is 16.9. The topological polar surface area (TPSA) is 78.0 Å². The maximum absolute atomic E-state index is 11.6. The fourth-order valence-electron chi connectivity index (χ4n) is 3.09. The standard InChI is InChI=1S/C18H15N3O2S/c1-21-17-6-5-13(10-16(17)15-7-8-20-11-18(15)21)12-3-2-4-14(9-12)24(19,22)23/h2-11H,1H3,(H2,19,22,23). The van der Waals surface area contributed by atoms with Crippen LogP contribution in [-0.4, -0.2) is 18.0 Å². The molecule has 0 aliphatic rings. The van der Waals surface area contributed by atoms with Crippen LogP contribution in [0, 0.1) is 0 Å². The summed E-state index contributed by atoms with van der Waals surface area (Å²) in [6.07, 6.45) is 3.62. The average Bonchev–Trinajstić information content (AvgIpc) is 2.87. The van der Waals surface area contributed by atoms with Crippen molar-refractivity contribution in [3.05, 3.63) is 60.9 Å². The average molecular weight is 337 g/mol. The van der Waals surface area contributed by atoms with Crippen LogP contribution in [0.25, 0.3) is 32.9 Å². The SMILES string of the molecule is Cn1c2ccc(-c3cccc(S(N)(=O)=O)c3)cc2c2ccncc21. The summed E-state index contributed by atoms with van der Waals surface area (Å²) >= 11 is 0. The highest BCUT2D eigenvalue weighted by molar-refractivity contribution is 7.89. The third kappa shape index (κ3) is 2.28. The minimum absolute atomic E-state index is 0.113. The van der Waals surface area contributed by atoms with Gasteiger partial charge < -0.3 is 4.57 Å². The molecular formula is C18H15N3O2S. The number of sulfonamides is 1. The van der Waals surface area contributed by atoms with Gasteiger partial charge in [-0.3, -0.25) is 4.98 Å². The predicted molar refractivity (Wildman–Crippen MR) is 95.0 cm³/mol. The lowest BCUT2D eigenvalue weighted by atomic mass is 10.0. The molecule has 5 nitrogen and oxygen atoms in total. The first-order chi connectivity index (χ1) is 11.4. The van der Waals surface area contributed by atoms with Crippen molar-refractivity contribution in [1.29, 1.82) is 0 Å². The van der Waals surface area contributed by atoms with Gasteiger partial charge in [0.2, 0.25) is 10.0 Å². The van der Waals surface area contributed by atoms with Crippen LogP contribution in [-0.2, 0) is 17.1 Å². The lowest BCUT2D eigenvalue weighted by molar-refractivity contribution is 0.598.